The van der Waals surface area contributed by atoms with Crippen molar-refractivity contribution in [2.75, 3.05) is 13.6 Å². The predicted octanol–water partition coefficient (Wildman–Crippen LogP) is 0.740. The highest BCUT2D eigenvalue weighted by Gasteiger charge is 2.70. The molecule has 0 radical (unpaired) electrons. The molecule has 0 bridgehead atoms. The van der Waals surface area contributed by atoms with Crippen LogP contribution in [-0.2, 0) is 38.1 Å². The molecular formula is C18H27NO8. The van der Waals surface area contributed by atoms with Gasteiger partial charge in [-0.05, 0) is 18.8 Å². The average Bonchev–Trinajstić information content (AvgIpc) is 3.24. The smallest absolute Gasteiger partial charge is 0.329 e. The van der Waals surface area contributed by atoms with E-state index in [1.807, 2.05) is 0 Å². The van der Waals surface area contributed by atoms with Crippen molar-refractivity contribution in [3.8, 4) is 0 Å². The molecule has 2 N–H and O–H groups in total. The van der Waals surface area contributed by atoms with Crippen LogP contribution in [0.2, 0.25) is 0 Å². The van der Waals surface area contributed by atoms with Crippen LogP contribution in [0.1, 0.15) is 40.5 Å². The lowest BCUT2D eigenvalue weighted by atomic mass is 9.91. The Kier molecular flexibility index (Phi) is 6.46. The van der Waals surface area contributed by atoms with E-state index in [0.717, 1.165) is 0 Å². The molecule has 2 saturated carbocycles. The summed E-state index contributed by atoms with van der Waals surface area (Å²) in [7, 11) is 0. The number of fused-ring (bicyclic) bond motifs is 1. The van der Waals surface area contributed by atoms with Crippen LogP contribution in [0.4, 0.5) is 0 Å². The summed E-state index contributed by atoms with van der Waals surface area (Å²) in [5.41, 5.74) is 4.89. The molecule has 2 aliphatic carbocycles. The molecule has 0 spiro atoms. The SMILES string of the molecule is CC(C)C(=O)OCOC(=O)[C@H]1[C@@H]2CC[C@@](N)(C(=O)OCOC(=O)C(C)C)[C@@H]21. The number of nitrogens with two attached hydrogens (primary N) is 1. The van der Waals surface area contributed by atoms with E-state index in [2.05, 4.69) is 0 Å². The molecule has 152 valence electrons. The first-order valence-corrected chi connectivity index (χ1v) is 9.05. The molecule has 27 heavy (non-hydrogen) atoms. The molecule has 2 aliphatic rings. The molecule has 0 aromatic heterocycles. The van der Waals surface area contributed by atoms with Crippen molar-refractivity contribution in [2.45, 2.75) is 46.1 Å². The third kappa shape index (κ3) is 4.58. The summed E-state index contributed by atoms with van der Waals surface area (Å²) in [5.74, 6) is -3.82. The standard InChI is InChI=1S/C18H27NO8/c1-9(2)14(20)24-7-26-16(22)12-11-5-6-18(19,13(11)12)17(23)27-8-25-15(21)10(3)4/h9-13H,5-8,19H2,1-4H3/t11-,12-,13-,18-/m0/s1. The number of rotatable bonds is 8. The van der Waals surface area contributed by atoms with Crippen LogP contribution in [0, 0.1) is 29.6 Å². The second-order valence-corrected chi connectivity index (χ2v) is 7.66. The lowest BCUT2D eigenvalue weighted by Gasteiger charge is -2.24. The molecule has 0 saturated heterocycles. The van der Waals surface area contributed by atoms with Gasteiger partial charge in [0.15, 0.2) is 0 Å². The highest BCUT2D eigenvalue weighted by Crippen LogP contribution is 2.62. The average molecular weight is 385 g/mol. The Bertz CT molecular complexity index is 616. The van der Waals surface area contributed by atoms with Crippen molar-refractivity contribution in [3.05, 3.63) is 0 Å². The molecule has 2 rings (SSSR count). The molecule has 9 heteroatoms. The first-order chi connectivity index (χ1) is 12.6. The van der Waals surface area contributed by atoms with Gasteiger partial charge in [0, 0.05) is 5.92 Å². The van der Waals surface area contributed by atoms with Crippen molar-refractivity contribution < 1.29 is 38.1 Å². The third-order valence-corrected chi connectivity index (χ3v) is 5.04. The quantitative estimate of drug-likeness (QED) is 0.474. The fraction of sp³-hybridized carbons (Fsp3) is 0.778. The van der Waals surface area contributed by atoms with Gasteiger partial charge >= 0.3 is 23.9 Å². The van der Waals surface area contributed by atoms with E-state index in [4.69, 9.17) is 24.7 Å². The molecule has 0 aliphatic heterocycles. The van der Waals surface area contributed by atoms with Gasteiger partial charge < -0.3 is 24.7 Å². The molecule has 4 atom stereocenters. The zero-order valence-electron chi connectivity index (χ0n) is 16.1. The monoisotopic (exact) mass is 385 g/mol. The first kappa shape index (κ1) is 21.1. The molecule has 0 unspecified atom stereocenters. The molecule has 0 heterocycles. The van der Waals surface area contributed by atoms with Crippen molar-refractivity contribution in [3.63, 3.8) is 0 Å². The maximum atomic E-state index is 12.3. The molecule has 9 nitrogen and oxygen atoms in total. The zero-order valence-corrected chi connectivity index (χ0v) is 16.1. The Hall–Kier alpha value is -2.16. The van der Waals surface area contributed by atoms with Crippen LogP contribution in [0.3, 0.4) is 0 Å². The highest BCUT2D eigenvalue weighted by atomic mass is 16.7. The number of hydrogen-bond acceptors (Lipinski definition) is 9. The van der Waals surface area contributed by atoms with Gasteiger partial charge in [-0.3, -0.25) is 14.4 Å². The van der Waals surface area contributed by atoms with Crippen molar-refractivity contribution >= 4 is 23.9 Å². The topological polar surface area (TPSA) is 131 Å². The normalized spacial score (nSPS) is 28.5. The summed E-state index contributed by atoms with van der Waals surface area (Å²) in [6.45, 7) is 5.69. The fourth-order valence-electron chi connectivity index (χ4n) is 3.42. The highest BCUT2D eigenvalue weighted by molar-refractivity contribution is 5.87. The summed E-state index contributed by atoms with van der Waals surface area (Å²) in [4.78, 5) is 47.3. The summed E-state index contributed by atoms with van der Waals surface area (Å²) >= 11 is 0. The second-order valence-electron chi connectivity index (χ2n) is 7.66. The van der Waals surface area contributed by atoms with Gasteiger partial charge in [0.1, 0.15) is 5.54 Å². The first-order valence-electron chi connectivity index (χ1n) is 9.05. The van der Waals surface area contributed by atoms with Gasteiger partial charge in [-0.2, -0.15) is 0 Å². The Labute approximate surface area is 157 Å². The van der Waals surface area contributed by atoms with Crippen LogP contribution in [-0.4, -0.2) is 43.0 Å². The molecular weight excluding hydrogens is 358 g/mol. The van der Waals surface area contributed by atoms with Gasteiger partial charge in [-0.1, -0.05) is 27.7 Å². The minimum Gasteiger partial charge on any atom is -0.428 e. The fourth-order valence-corrected chi connectivity index (χ4v) is 3.42. The van der Waals surface area contributed by atoms with Gasteiger partial charge in [-0.15, -0.1) is 0 Å². The number of hydrogen-bond donors (Lipinski definition) is 1. The zero-order chi connectivity index (χ0) is 20.4. The molecule has 0 aromatic carbocycles. The predicted molar refractivity (Wildman–Crippen MR) is 90.4 cm³/mol. The summed E-state index contributed by atoms with van der Waals surface area (Å²) in [5, 5.41) is 0. The van der Waals surface area contributed by atoms with Gasteiger partial charge in [-0.25, -0.2) is 4.79 Å². The Morgan fingerprint density at radius 3 is 1.96 bits per heavy atom. The van der Waals surface area contributed by atoms with Crippen LogP contribution in [0.25, 0.3) is 0 Å². The minimum atomic E-state index is -1.31. The second kappa shape index (κ2) is 8.24. The lowest BCUT2D eigenvalue weighted by Crippen LogP contribution is -2.51. The summed E-state index contributed by atoms with van der Waals surface area (Å²) < 4.78 is 19.6. The third-order valence-electron chi connectivity index (χ3n) is 5.04. The summed E-state index contributed by atoms with van der Waals surface area (Å²) in [6.07, 6.45) is 0.971. The molecule has 0 aromatic rings. The number of esters is 4. The number of ether oxygens (including phenoxy) is 4. The summed E-state index contributed by atoms with van der Waals surface area (Å²) in [6, 6.07) is 0. The molecule has 2 fully saturated rings. The van der Waals surface area contributed by atoms with Crippen molar-refractivity contribution in [2.24, 2.45) is 35.3 Å². The molecule has 0 amide bonds. The van der Waals surface area contributed by atoms with E-state index in [1.165, 1.54) is 0 Å². The Balaban J connectivity index is 1.81. The van der Waals surface area contributed by atoms with Gasteiger partial charge in [0.25, 0.3) is 0 Å². The van der Waals surface area contributed by atoms with E-state index in [9.17, 15) is 19.2 Å². The van der Waals surface area contributed by atoms with Crippen LogP contribution in [0.15, 0.2) is 0 Å². The van der Waals surface area contributed by atoms with Crippen LogP contribution >= 0.6 is 0 Å². The van der Waals surface area contributed by atoms with E-state index in [1.54, 1.807) is 27.7 Å². The van der Waals surface area contributed by atoms with Gasteiger partial charge in [0.2, 0.25) is 13.6 Å². The number of carbonyl (C=O) groups is 4. The Morgan fingerprint density at radius 1 is 0.926 bits per heavy atom. The lowest BCUT2D eigenvalue weighted by molar-refractivity contribution is -0.173. The number of carbonyl (C=O) groups excluding carboxylic acids is 4. The Morgan fingerprint density at radius 2 is 1.44 bits per heavy atom. The van der Waals surface area contributed by atoms with E-state index < -0.39 is 48.9 Å². The van der Waals surface area contributed by atoms with Crippen molar-refractivity contribution in [1.29, 1.82) is 0 Å². The minimum absolute atomic E-state index is 0.0611. The van der Waals surface area contributed by atoms with E-state index >= 15 is 0 Å². The van der Waals surface area contributed by atoms with E-state index in [-0.39, 0.29) is 23.7 Å². The van der Waals surface area contributed by atoms with Crippen LogP contribution < -0.4 is 5.73 Å². The van der Waals surface area contributed by atoms with Gasteiger partial charge in [0.05, 0.1) is 17.8 Å². The van der Waals surface area contributed by atoms with Crippen molar-refractivity contribution in [1.82, 2.24) is 0 Å². The van der Waals surface area contributed by atoms with E-state index in [0.29, 0.717) is 12.8 Å². The van der Waals surface area contributed by atoms with Crippen LogP contribution in [0.5, 0.6) is 0 Å². The largest absolute Gasteiger partial charge is 0.428 e. The maximum absolute atomic E-state index is 12.3. The maximum Gasteiger partial charge on any atom is 0.329 e.